The average Bonchev–Trinajstić information content (AvgIpc) is 3.05. The van der Waals surface area contributed by atoms with E-state index in [0.717, 1.165) is 4.57 Å². The number of hydrogen-bond donors (Lipinski definition) is 2. The van der Waals surface area contributed by atoms with Crippen LogP contribution in [0.2, 0.25) is 0 Å². The monoisotopic (exact) mass is 392 g/mol. The van der Waals surface area contributed by atoms with Gasteiger partial charge in [0.25, 0.3) is 0 Å². The predicted molar refractivity (Wildman–Crippen MR) is 91.3 cm³/mol. The Bertz CT molecular complexity index is 1040. The van der Waals surface area contributed by atoms with Crippen LogP contribution in [0.25, 0.3) is 11.1 Å². The zero-order valence-corrected chi connectivity index (χ0v) is 14.6. The van der Waals surface area contributed by atoms with Gasteiger partial charge in [0.05, 0.1) is 12.2 Å². The van der Waals surface area contributed by atoms with Crippen LogP contribution in [0.1, 0.15) is 11.5 Å². The number of nitrogens with zero attached hydrogens (tertiary/aromatic N) is 2. The van der Waals surface area contributed by atoms with Crippen molar-refractivity contribution in [3.8, 4) is 16.9 Å². The molecule has 2 heterocycles. The van der Waals surface area contributed by atoms with Gasteiger partial charge in [-0.1, -0.05) is 17.3 Å². The van der Waals surface area contributed by atoms with E-state index in [1.807, 2.05) is 0 Å². The number of rotatable bonds is 4. The van der Waals surface area contributed by atoms with Gasteiger partial charge >= 0.3 is 12.4 Å². The summed E-state index contributed by atoms with van der Waals surface area (Å²) in [6.07, 6.45) is -3.35. The lowest BCUT2D eigenvalue weighted by atomic mass is 10.1. The molecule has 0 radical (unpaired) electrons. The zero-order chi connectivity index (χ0) is 20.3. The molecule has 0 spiro atoms. The summed E-state index contributed by atoms with van der Waals surface area (Å²) in [5.74, 6) is 0.121. The minimum atomic E-state index is -4.77. The lowest BCUT2D eigenvalue weighted by Gasteiger charge is -2.11. The summed E-state index contributed by atoms with van der Waals surface area (Å²) in [4.78, 5) is 12.4. The van der Waals surface area contributed by atoms with Gasteiger partial charge in [-0.15, -0.1) is 13.2 Å². The number of carbonyl (C=O) groups excluding carboxylic acids is 1. The van der Waals surface area contributed by atoms with Gasteiger partial charge in [0.2, 0.25) is 0 Å². The van der Waals surface area contributed by atoms with E-state index in [2.05, 4.69) is 15.2 Å². The second-order valence-electron chi connectivity index (χ2n) is 5.84. The second kappa shape index (κ2) is 7.59. The molecule has 2 N–H and O–H groups in total. The van der Waals surface area contributed by atoms with Crippen LogP contribution in [0.15, 0.2) is 53.2 Å². The normalized spacial score (nSPS) is 11.3. The van der Waals surface area contributed by atoms with Gasteiger partial charge in [0, 0.05) is 12.3 Å². The summed E-state index contributed by atoms with van der Waals surface area (Å²) >= 11 is 0. The van der Waals surface area contributed by atoms with E-state index in [1.165, 1.54) is 36.5 Å². The highest BCUT2D eigenvalue weighted by Gasteiger charge is 2.30. The number of benzene rings is 1. The average molecular weight is 392 g/mol. The Hall–Kier alpha value is -3.56. The third kappa shape index (κ3) is 4.78. The van der Waals surface area contributed by atoms with Crippen LogP contribution in [-0.2, 0) is 6.54 Å². The van der Waals surface area contributed by atoms with E-state index in [0.29, 0.717) is 22.6 Å². The zero-order valence-electron chi connectivity index (χ0n) is 14.6. The summed E-state index contributed by atoms with van der Waals surface area (Å²) in [5.41, 5.74) is 1.72. The molecule has 0 aliphatic carbocycles. The molecule has 0 unspecified atom stereocenters. The van der Waals surface area contributed by atoms with Crippen molar-refractivity contribution < 1.29 is 27.2 Å². The first-order chi connectivity index (χ1) is 13.2. The number of carbonyl (C=O) groups is 1. The van der Waals surface area contributed by atoms with Crippen molar-refractivity contribution in [3.63, 3.8) is 0 Å². The maximum Gasteiger partial charge on any atom is 0.573 e. The van der Waals surface area contributed by atoms with Crippen LogP contribution in [0.5, 0.6) is 5.75 Å². The van der Waals surface area contributed by atoms with Crippen molar-refractivity contribution in [1.82, 2.24) is 15.0 Å². The summed E-state index contributed by atoms with van der Waals surface area (Å²) in [6, 6.07) is 9.33. The van der Waals surface area contributed by atoms with Gasteiger partial charge in [-0.2, -0.15) is 0 Å². The summed E-state index contributed by atoms with van der Waals surface area (Å²) in [7, 11) is 0. The van der Waals surface area contributed by atoms with E-state index in [4.69, 9.17) is 9.93 Å². The largest absolute Gasteiger partial charge is 0.573 e. The van der Waals surface area contributed by atoms with E-state index in [1.54, 1.807) is 19.1 Å². The Morgan fingerprint density at radius 3 is 2.50 bits per heavy atom. The first-order valence-corrected chi connectivity index (χ1v) is 8.05. The molecule has 3 aromatic rings. The molecule has 0 atom stereocenters. The molecule has 28 heavy (non-hydrogen) atoms. The Kier molecular flexibility index (Phi) is 5.21. The molecular formula is C18H15F3N4O3. The van der Waals surface area contributed by atoms with Gasteiger partial charge in [0.1, 0.15) is 11.2 Å². The molecule has 0 fully saturated rings. The molecule has 1 amide bonds. The Balaban J connectivity index is 1.77. The van der Waals surface area contributed by atoms with Crippen LogP contribution < -0.4 is 15.5 Å². The van der Waals surface area contributed by atoms with Crippen molar-refractivity contribution in [2.75, 3.05) is 0 Å². The van der Waals surface area contributed by atoms with Crippen LogP contribution in [0, 0.1) is 12.3 Å². The molecular weight excluding hydrogens is 377 g/mol. The minimum Gasteiger partial charge on any atom is -0.406 e. The number of aryl methyl sites for hydroxylation is 1. The lowest BCUT2D eigenvalue weighted by Crippen LogP contribution is -2.35. The molecule has 0 saturated heterocycles. The van der Waals surface area contributed by atoms with E-state index < -0.39 is 12.4 Å². The highest BCUT2D eigenvalue weighted by atomic mass is 19.4. The van der Waals surface area contributed by atoms with E-state index in [-0.39, 0.29) is 17.8 Å². The maximum absolute atomic E-state index is 12.4. The highest BCUT2D eigenvalue weighted by Crippen LogP contribution is 2.26. The summed E-state index contributed by atoms with van der Waals surface area (Å²) < 4.78 is 46.7. The maximum atomic E-state index is 12.4. The molecule has 10 heteroatoms. The van der Waals surface area contributed by atoms with E-state index >= 15 is 0 Å². The van der Waals surface area contributed by atoms with Gasteiger partial charge in [-0.3, -0.25) is 9.98 Å². The Morgan fingerprint density at radius 1 is 1.21 bits per heavy atom. The first kappa shape index (κ1) is 19.2. The number of amides is 1. The van der Waals surface area contributed by atoms with Gasteiger partial charge in [-0.25, -0.2) is 4.79 Å². The summed E-state index contributed by atoms with van der Waals surface area (Å²) in [6.45, 7) is 1.85. The number of pyridine rings is 1. The van der Waals surface area contributed by atoms with Crippen LogP contribution in [0.4, 0.5) is 18.0 Å². The molecule has 2 aromatic heterocycles. The number of halogens is 3. The highest BCUT2D eigenvalue weighted by molar-refractivity contribution is 5.78. The number of hydrogen-bond acceptors (Lipinski definition) is 5. The van der Waals surface area contributed by atoms with Crippen LogP contribution in [-0.4, -0.2) is 22.1 Å². The second-order valence-corrected chi connectivity index (χ2v) is 5.84. The molecule has 0 bridgehead atoms. The van der Waals surface area contributed by atoms with Gasteiger partial charge < -0.3 is 14.6 Å². The lowest BCUT2D eigenvalue weighted by molar-refractivity contribution is -0.274. The van der Waals surface area contributed by atoms with Gasteiger partial charge in [0.15, 0.2) is 5.76 Å². The fourth-order valence-corrected chi connectivity index (χ4v) is 2.44. The molecule has 0 saturated carbocycles. The molecule has 0 aliphatic heterocycles. The molecule has 1 aromatic carbocycles. The quantitative estimate of drug-likeness (QED) is 0.710. The fourth-order valence-electron chi connectivity index (χ4n) is 2.44. The van der Waals surface area contributed by atoms with E-state index in [9.17, 15) is 18.0 Å². The van der Waals surface area contributed by atoms with Crippen molar-refractivity contribution in [2.45, 2.75) is 19.8 Å². The number of alkyl halides is 3. The Labute approximate surface area is 156 Å². The number of ether oxygens (including phenoxy) is 1. The van der Waals surface area contributed by atoms with Crippen LogP contribution >= 0.6 is 0 Å². The summed E-state index contributed by atoms with van der Waals surface area (Å²) in [5, 5.41) is 14.2. The molecule has 0 aliphatic rings. The third-order valence-corrected chi connectivity index (χ3v) is 3.68. The minimum absolute atomic E-state index is 0.0629. The molecule has 7 nitrogen and oxygen atoms in total. The topological polar surface area (TPSA) is 93.1 Å². The Morgan fingerprint density at radius 2 is 1.89 bits per heavy atom. The number of nitrogens with one attached hydrogen (secondary N) is 2. The number of aromatic nitrogens is 2. The van der Waals surface area contributed by atoms with Crippen molar-refractivity contribution in [3.05, 3.63) is 65.6 Å². The SMILES string of the molecule is Cc1cc(CNC(=O)n2cc(-c3ccc(OC(F)(F)F)cc3)ccc2=N)on1. The molecule has 3 rings (SSSR count). The predicted octanol–water partition coefficient (Wildman–Crippen LogP) is 3.59. The van der Waals surface area contributed by atoms with Gasteiger partial charge in [-0.05, 0) is 42.3 Å². The van der Waals surface area contributed by atoms with Crippen molar-refractivity contribution in [1.29, 1.82) is 5.41 Å². The fraction of sp³-hybridized carbons (Fsp3) is 0.167. The third-order valence-electron chi connectivity index (χ3n) is 3.68. The van der Waals surface area contributed by atoms with Crippen molar-refractivity contribution >= 4 is 6.03 Å². The van der Waals surface area contributed by atoms with Crippen molar-refractivity contribution in [2.24, 2.45) is 0 Å². The smallest absolute Gasteiger partial charge is 0.406 e. The van der Waals surface area contributed by atoms with Crippen LogP contribution in [0.3, 0.4) is 0 Å². The standard InChI is InChI=1S/C18H15F3N4O3/c1-11-8-15(28-24-11)9-23-17(26)25-10-13(4-7-16(25)22)12-2-5-14(6-3-12)27-18(19,20)21/h2-8,10,22H,9H2,1H3,(H,23,26). The first-order valence-electron chi connectivity index (χ1n) is 8.05. The molecule has 146 valence electrons.